The van der Waals surface area contributed by atoms with Gasteiger partial charge >= 0.3 is 0 Å². The number of carbonyl (C=O) groups excluding carboxylic acids is 6. The molecule has 9 N–H and O–H groups in total. The molecule has 0 radical (unpaired) electrons. The molecule has 492 valence electrons. The second-order valence-corrected chi connectivity index (χ2v) is 24.9. The molecule has 3 aliphatic heterocycles. The van der Waals surface area contributed by atoms with E-state index >= 15 is 0 Å². The number of nitrogens with zero attached hydrogens (tertiary/aromatic N) is 11. The molecule has 97 heavy (non-hydrogen) atoms. The highest BCUT2D eigenvalue weighted by molar-refractivity contribution is 6.33. The van der Waals surface area contributed by atoms with Crippen molar-refractivity contribution in [3.8, 4) is 11.4 Å². The van der Waals surface area contributed by atoms with Crippen LogP contribution in [0.5, 0.6) is 5.75 Å². The Morgan fingerprint density at radius 3 is 1.38 bits per heavy atom. The summed E-state index contributed by atoms with van der Waals surface area (Å²) in [5.41, 5.74) is 7.29. The van der Waals surface area contributed by atoms with Crippen molar-refractivity contribution in [3.05, 3.63) is 165 Å². The molecular formula is C67H61Cl2FN20O7. The predicted octanol–water partition coefficient (Wildman–Crippen LogP) is 9.81. The monoisotopic (exact) mass is 1350 g/mol. The Morgan fingerprint density at radius 1 is 0.536 bits per heavy atom. The van der Waals surface area contributed by atoms with Gasteiger partial charge in [-0.25, -0.2) is 24.0 Å². The molecule has 3 saturated heterocycles. The maximum Gasteiger partial charge on any atom is 0.254 e. The van der Waals surface area contributed by atoms with E-state index in [9.17, 15) is 33.2 Å². The minimum Gasteiger partial charge on any atom is -0.497 e. The quantitative estimate of drug-likeness (QED) is 0.0253. The summed E-state index contributed by atoms with van der Waals surface area (Å²) < 4.78 is 26.4. The summed E-state index contributed by atoms with van der Waals surface area (Å²) in [7, 11) is 1.59. The van der Waals surface area contributed by atoms with Crippen molar-refractivity contribution < 1.29 is 37.9 Å². The molecule has 10 heterocycles. The summed E-state index contributed by atoms with van der Waals surface area (Å²) in [6, 6.07) is 24.8. The first kappa shape index (κ1) is 62.9. The lowest BCUT2D eigenvalue weighted by molar-refractivity contribution is -0.125. The molecule has 27 nitrogen and oxygen atoms in total. The maximum atomic E-state index is 14.2. The predicted molar refractivity (Wildman–Crippen MR) is 363 cm³/mol. The molecule has 0 unspecified atom stereocenters. The van der Waals surface area contributed by atoms with Gasteiger partial charge in [0.2, 0.25) is 17.7 Å². The van der Waals surface area contributed by atoms with E-state index in [4.69, 9.17) is 37.9 Å². The molecule has 3 saturated carbocycles. The number of benzene rings is 3. The Kier molecular flexibility index (Phi) is 17.6. The first-order valence-electron chi connectivity index (χ1n) is 31.3. The Morgan fingerprint density at radius 2 is 0.979 bits per heavy atom. The van der Waals surface area contributed by atoms with Gasteiger partial charge in [-0.05, 0) is 135 Å². The minimum atomic E-state index is -0.462. The van der Waals surface area contributed by atoms with Crippen LogP contribution in [-0.4, -0.2) is 116 Å². The van der Waals surface area contributed by atoms with Gasteiger partial charge in [0.15, 0.2) is 16.9 Å². The highest BCUT2D eigenvalue weighted by atomic mass is 35.5. The zero-order valence-corrected chi connectivity index (χ0v) is 53.3. The van der Waals surface area contributed by atoms with Crippen molar-refractivity contribution in [1.82, 2.24) is 69.5 Å². The first-order chi connectivity index (χ1) is 47.1. The summed E-state index contributed by atoms with van der Waals surface area (Å²) in [6.45, 7) is 2.49. The highest BCUT2D eigenvalue weighted by Crippen LogP contribution is 2.36. The third-order valence-corrected chi connectivity index (χ3v) is 17.1. The Bertz CT molecular complexity index is 4900. The smallest absolute Gasteiger partial charge is 0.254 e. The van der Waals surface area contributed by atoms with Crippen molar-refractivity contribution in [2.45, 2.75) is 57.8 Å². The number of ether oxygens (including phenoxy) is 1. The number of anilines is 9. The van der Waals surface area contributed by atoms with E-state index in [1.54, 1.807) is 92.6 Å². The molecule has 7 aromatic heterocycles. The number of methoxy groups -OCH3 is 1. The molecule has 3 aliphatic carbocycles. The van der Waals surface area contributed by atoms with Crippen LogP contribution in [0.15, 0.2) is 133 Å². The number of halogens is 3. The summed E-state index contributed by atoms with van der Waals surface area (Å²) in [4.78, 5) is 84.7. The molecule has 6 fully saturated rings. The fraction of sp³-hybridized carbons (Fsp3) is 0.239. The van der Waals surface area contributed by atoms with Crippen LogP contribution in [0.3, 0.4) is 0 Å². The SMILES string of the molecule is COc1ccc(Cl)c(Nc2cc(NCC3CC3)n3ncc(/C=C4\CC(=O)NC4=O)c3n2)c1.O=C1C/C(=C\c2cnn3c(NCC4CC4)cc(Nc4cc(Cl)ccc4F)nc23)C(=O)N1.O=C1C/C(=C\c2cnn3c(NCC4CC4)cc(Nc4ccc(-n5cccn5)cc4)nc23)C(=O)N1. The van der Waals surface area contributed by atoms with Crippen molar-refractivity contribution in [3.63, 3.8) is 0 Å². The second kappa shape index (κ2) is 27.1. The van der Waals surface area contributed by atoms with E-state index < -0.39 is 11.7 Å². The summed E-state index contributed by atoms with van der Waals surface area (Å²) >= 11 is 12.4. The number of imide groups is 3. The number of amides is 6. The van der Waals surface area contributed by atoms with Crippen molar-refractivity contribution in [2.24, 2.45) is 17.8 Å². The zero-order chi connectivity index (χ0) is 66.8. The van der Waals surface area contributed by atoms with Gasteiger partial charge < -0.3 is 36.6 Å². The normalized spacial score (nSPS) is 17.1. The van der Waals surface area contributed by atoms with Gasteiger partial charge in [-0.2, -0.15) is 33.9 Å². The Labute approximate surface area is 561 Å². The van der Waals surface area contributed by atoms with Gasteiger partial charge in [0.1, 0.15) is 46.5 Å². The number of nitrogens with one attached hydrogen (secondary N) is 9. The van der Waals surface area contributed by atoms with Crippen LogP contribution in [0.4, 0.5) is 56.4 Å². The lowest BCUT2D eigenvalue weighted by atomic mass is 10.1. The van der Waals surface area contributed by atoms with E-state index in [1.807, 2.05) is 48.7 Å². The number of carbonyl (C=O) groups is 6. The summed E-state index contributed by atoms with van der Waals surface area (Å²) in [5.74, 6) is 3.86. The van der Waals surface area contributed by atoms with Crippen molar-refractivity contribution >= 4 is 146 Å². The number of hydrogen-bond acceptors (Lipinski definition) is 20. The van der Waals surface area contributed by atoms with Crippen LogP contribution in [-0.2, 0) is 28.8 Å². The van der Waals surface area contributed by atoms with Crippen LogP contribution in [0.1, 0.15) is 74.5 Å². The number of aromatic nitrogens is 11. The van der Waals surface area contributed by atoms with E-state index in [1.165, 1.54) is 56.7 Å². The second-order valence-electron chi connectivity index (χ2n) is 24.1. The van der Waals surface area contributed by atoms with Gasteiger partial charge in [0, 0.05) is 100 Å². The van der Waals surface area contributed by atoms with Crippen LogP contribution in [0, 0.1) is 23.6 Å². The lowest BCUT2D eigenvalue weighted by Crippen LogP contribution is -2.19. The fourth-order valence-corrected chi connectivity index (χ4v) is 11.2. The number of hydrogen-bond donors (Lipinski definition) is 9. The molecule has 6 aliphatic rings. The Balaban J connectivity index is 0.000000125. The average molecular weight is 1350 g/mol. The molecule has 10 aromatic rings. The number of fused-ring (bicyclic) bond motifs is 3. The molecule has 16 rings (SSSR count). The minimum absolute atomic E-state index is 0.00856. The molecule has 0 atom stereocenters. The van der Waals surface area contributed by atoms with Crippen molar-refractivity contribution in [2.75, 3.05) is 58.6 Å². The van der Waals surface area contributed by atoms with E-state index in [2.05, 4.69) is 73.2 Å². The first-order valence-corrected chi connectivity index (χ1v) is 32.1. The highest BCUT2D eigenvalue weighted by Gasteiger charge is 2.29. The third-order valence-electron chi connectivity index (χ3n) is 16.5. The summed E-state index contributed by atoms with van der Waals surface area (Å²) in [5, 5.41) is 45.2. The fourth-order valence-electron chi connectivity index (χ4n) is 10.8. The van der Waals surface area contributed by atoms with Gasteiger partial charge in [-0.15, -0.1) is 0 Å². The standard InChI is InChI=1S/C24H22N8O2.C22H21ClN6O3.C21H18ClFN6O2/c33-22-11-16(24(34)30-22)10-17-14-27-32-21(25-13-15-2-3-15)12-20(29-23(17)32)28-18-4-6-19(7-5-18)31-9-1-8-26-31;1-32-15-4-5-16(23)17(8-15)26-18-9-19(24-10-12-2-3-12)29-21(27-18)14(11-25-29)6-13-7-20(30)28-22(13)31;22-14-3-4-15(23)16(7-14)26-17-8-18(24-9-11-1-2-11)29-20(27-17)13(10-25-29)5-12-6-19(30)28-21(12)31/h1,4-10,12,14-15,25H,2-3,11,13H2,(H,28,29)(H,30,33,34);4-6,8-9,11-12,24H,2-3,7,10H2,1H3,(H,26,27)(H,28,30,31);3-5,7-8,10-11,24H,1-2,6,9H2,(H,26,27)(H,28,30,31)/b16-10+;13-6+;12-5+. The summed E-state index contributed by atoms with van der Waals surface area (Å²) in [6.07, 6.45) is 20.8. The molecule has 0 bridgehead atoms. The van der Waals surface area contributed by atoms with Crippen molar-refractivity contribution in [1.29, 1.82) is 0 Å². The van der Waals surface area contributed by atoms with E-state index in [0.717, 1.165) is 42.6 Å². The molecule has 3 aromatic carbocycles. The average Bonchev–Trinajstić information content (AvgIpc) is 1.64. The lowest BCUT2D eigenvalue weighted by Gasteiger charge is -2.13. The van der Waals surface area contributed by atoms with E-state index in [-0.39, 0.29) is 54.5 Å². The van der Waals surface area contributed by atoms with Gasteiger partial charge in [-0.3, -0.25) is 44.7 Å². The van der Waals surface area contributed by atoms with Gasteiger partial charge in [0.25, 0.3) is 17.7 Å². The third kappa shape index (κ3) is 14.9. The van der Waals surface area contributed by atoms with Crippen LogP contribution in [0.25, 0.3) is 40.9 Å². The molecule has 0 spiro atoms. The van der Waals surface area contributed by atoms with E-state index in [0.29, 0.717) is 113 Å². The maximum absolute atomic E-state index is 14.2. The zero-order valence-electron chi connectivity index (χ0n) is 51.8. The van der Waals surface area contributed by atoms with Gasteiger partial charge in [0.05, 0.1) is 67.0 Å². The topological polar surface area (TPSA) is 328 Å². The molecule has 6 amide bonds. The molecular weight excluding hydrogens is 1290 g/mol. The number of rotatable bonds is 20. The van der Waals surface area contributed by atoms with Crippen LogP contribution in [0.2, 0.25) is 10.0 Å². The van der Waals surface area contributed by atoms with Crippen LogP contribution >= 0.6 is 23.2 Å². The largest absolute Gasteiger partial charge is 0.497 e. The van der Waals surface area contributed by atoms with Gasteiger partial charge in [-0.1, -0.05) is 23.2 Å². The van der Waals surface area contributed by atoms with Crippen LogP contribution < -0.4 is 52.6 Å². The Hall–Kier alpha value is -11.5. The molecule has 30 heteroatoms.